The van der Waals surface area contributed by atoms with Crippen molar-refractivity contribution in [2.45, 2.75) is 25.1 Å². The largest absolute Gasteiger partial charge is 0.417 e. The lowest BCUT2D eigenvalue weighted by Gasteiger charge is -2.40. The Morgan fingerprint density at radius 2 is 1.78 bits per heavy atom. The number of piperidine rings is 1. The van der Waals surface area contributed by atoms with Crippen LogP contribution >= 0.6 is 15.9 Å². The standard InChI is InChI=1S/C15H19BrF3N3O/c16-13-9-11(15(17,18)19)10-20-14(13)22-3-1-12(2-4-22)21-5-7-23-8-6-21/h9-10,12H,1-8H2. The highest BCUT2D eigenvalue weighted by Gasteiger charge is 2.32. The van der Waals surface area contributed by atoms with Gasteiger partial charge in [0, 0.05) is 38.4 Å². The Bertz CT molecular complexity index is 541. The van der Waals surface area contributed by atoms with Gasteiger partial charge in [0.1, 0.15) is 5.82 Å². The maximum absolute atomic E-state index is 12.7. The molecule has 8 heteroatoms. The molecule has 0 aromatic carbocycles. The zero-order valence-corrected chi connectivity index (χ0v) is 14.2. The summed E-state index contributed by atoms with van der Waals surface area (Å²) in [5.74, 6) is 0.596. The van der Waals surface area contributed by atoms with Crippen LogP contribution in [0.4, 0.5) is 19.0 Å². The molecule has 0 aliphatic carbocycles. The first-order valence-corrected chi connectivity index (χ1v) is 8.54. The van der Waals surface area contributed by atoms with Crippen LogP contribution in [-0.2, 0) is 10.9 Å². The van der Waals surface area contributed by atoms with Gasteiger partial charge in [-0.1, -0.05) is 0 Å². The van der Waals surface area contributed by atoms with Crippen molar-refractivity contribution in [3.05, 3.63) is 22.3 Å². The molecule has 4 nitrogen and oxygen atoms in total. The number of alkyl halides is 3. The number of hydrogen-bond donors (Lipinski definition) is 0. The van der Waals surface area contributed by atoms with E-state index in [1.807, 2.05) is 0 Å². The molecule has 1 aromatic heterocycles. The predicted octanol–water partition coefficient (Wildman–Crippen LogP) is 3.16. The number of morpholine rings is 1. The number of nitrogens with zero attached hydrogens (tertiary/aromatic N) is 3. The second kappa shape index (κ2) is 6.94. The molecule has 0 N–H and O–H groups in total. The molecule has 128 valence electrons. The first kappa shape index (κ1) is 17.0. The van der Waals surface area contributed by atoms with Crippen molar-refractivity contribution < 1.29 is 17.9 Å². The Balaban J connectivity index is 1.63. The maximum atomic E-state index is 12.7. The van der Waals surface area contributed by atoms with Gasteiger partial charge in [-0.15, -0.1) is 0 Å². The van der Waals surface area contributed by atoms with Gasteiger partial charge < -0.3 is 9.64 Å². The SMILES string of the molecule is FC(F)(F)c1cnc(N2CCC(N3CCOCC3)CC2)c(Br)c1. The average Bonchev–Trinajstić information content (AvgIpc) is 2.55. The minimum absolute atomic E-state index is 0.400. The smallest absolute Gasteiger partial charge is 0.379 e. The number of halogens is 4. The lowest BCUT2D eigenvalue weighted by molar-refractivity contribution is -0.137. The van der Waals surface area contributed by atoms with Crippen LogP contribution in [-0.4, -0.2) is 55.3 Å². The van der Waals surface area contributed by atoms with E-state index in [2.05, 4.69) is 30.7 Å². The molecule has 0 amide bonds. The third-order valence-corrected chi connectivity index (χ3v) is 5.06. The number of aromatic nitrogens is 1. The van der Waals surface area contributed by atoms with Crippen LogP contribution in [0.3, 0.4) is 0 Å². The van der Waals surface area contributed by atoms with Gasteiger partial charge in [-0.05, 0) is 34.8 Å². The monoisotopic (exact) mass is 393 g/mol. The lowest BCUT2D eigenvalue weighted by atomic mass is 10.0. The fourth-order valence-electron chi connectivity index (χ4n) is 3.20. The van der Waals surface area contributed by atoms with Crippen LogP contribution in [0.1, 0.15) is 18.4 Å². The van der Waals surface area contributed by atoms with Crippen molar-refractivity contribution in [2.75, 3.05) is 44.3 Å². The molecule has 0 spiro atoms. The van der Waals surface area contributed by atoms with E-state index < -0.39 is 11.7 Å². The van der Waals surface area contributed by atoms with Crippen molar-refractivity contribution >= 4 is 21.7 Å². The zero-order chi connectivity index (χ0) is 16.4. The first-order valence-electron chi connectivity index (χ1n) is 7.74. The van der Waals surface area contributed by atoms with E-state index in [1.54, 1.807) is 0 Å². The van der Waals surface area contributed by atoms with Crippen LogP contribution in [0.5, 0.6) is 0 Å². The van der Waals surface area contributed by atoms with E-state index >= 15 is 0 Å². The van der Waals surface area contributed by atoms with Crippen LogP contribution in [0.2, 0.25) is 0 Å². The van der Waals surface area contributed by atoms with Crippen LogP contribution < -0.4 is 4.90 Å². The van der Waals surface area contributed by atoms with E-state index in [1.165, 1.54) is 0 Å². The van der Waals surface area contributed by atoms with Crippen molar-refractivity contribution in [2.24, 2.45) is 0 Å². The summed E-state index contributed by atoms with van der Waals surface area (Å²) in [7, 11) is 0. The molecule has 3 rings (SSSR count). The Hall–Kier alpha value is -0.860. The second-order valence-electron chi connectivity index (χ2n) is 5.89. The third-order valence-electron chi connectivity index (χ3n) is 4.48. The van der Waals surface area contributed by atoms with Gasteiger partial charge >= 0.3 is 6.18 Å². The van der Waals surface area contributed by atoms with Crippen molar-refractivity contribution in [3.63, 3.8) is 0 Å². The molecule has 0 saturated carbocycles. The molecule has 0 atom stereocenters. The molecule has 2 aliphatic rings. The summed E-state index contributed by atoms with van der Waals surface area (Å²) in [4.78, 5) is 8.54. The Kier molecular flexibility index (Phi) is 5.13. The summed E-state index contributed by atoms with van der Waals surface area (Å²) in [5.41, 5.74) is -0.726. The molecule has 2 fully saturated rings. The Morgan fingerprint density at radius 3 is 2.35 bits per heavy atom. The van der Waals surface area contributed by atoms with E-state index in [0.29, 0.717) is 16.3 Å². The maximum Gasteiger partial charge on any atom is 0.417 e. The summed E-state index contributed by atoms with van der Waals surface area (Å²) < 4.78 is 43.9. The number of pyridine rings is 1. The molecule has 0 unspecified atom stereocenters. The summed E-state index contributed by atoms with van der Waals surface area (Å²) in [6.07, 6.45) is -1.46. The fraction of sp³-hybridized carbons (Fsp3) is 0.667. The summed E-state index contributed by atoms with van der Waals surface area (Å²) in [6.45, 7) is 5.11. The normalized spacial score (nSPS) is 21.7. The number of ether oxygens (including phenoxy) is 1. The summed E-state index contributed by atoms with van der Waals surface area (Å²) in [5, 5.41) is 0. The van der Waals surface area contributed by atoms with Crippen LogP contribution in [0.15, 0.2) is 16.7 Å². The topological polar surface area (TPSA) is 28.6 Å². The van der Waals surface area contributed by atoms with Crippen LogP contribution in [0.25, 0.3) is 0 Å². The third kappa shape index (κ3) is 3.97. The molecule has 2 saturated heterocycles. The Morgan fingerprint density at radius 1 is 1.13 bits per heavy atom. The van der Waals surface area contributed by atoms with Gasteiger partial charge in [-0.3, -0.25) is 4.90 Å². The Labute approximate surface area is 141 Å². The quantitative estimate of drug-likeness (QED) is 0.771. The summed E-state index contributed by atoms with van der Waals surface area (Å²) in [6, 6.07) is 1.64. The van der Waals surface area contributed by atoms with E-state index in [9.17, 15) is 13.2 Å². The molecule has 0 bridgehead atoms. The van der Waals surface area contributed by atoms with Crippen molar-refractivity contribution in [3.8, 4) is 0 Å². The number of rotatable bonds is 2. The first-order chi connectivity index (χ1) is 10.9. The molecular formula is C15H19BrF3N3O. The molecule has 23 heavy (non-hydrogen) atoms. The highest BCUT2D eigenvalue weighted by Crippen LogP contribution is 2.34. The van der Waals surface area contributed by atoms with Gasteiger partial charge in [-0.2, -0.15) is 13.2 Å². The second-order valence-corrected chi connectivity index (χ2v) is 6.75. The zero-order valence-electron chi connectivity index (χ0n) is 12.7. The van der Waals surface area contributed by atoms with E-state index in [-0.39, 0.29) is 0 Å². The van der Waals surface area contributed by atoms with Gasteiger partial charge in [0.15, 0.2) is 0 Å². The minimum Gasteiger partial charge on any atom is -0.379 e. The lowest BCUT2D eigenvalue weighted by Crippen LogP contribution is -2.49. The van der Waals surface area contributed by atoms with Gasteiger partial charge in [0.2, 0.25) is 0 Å². The predicted molar refractivity (Wildman–Crippen MR) is 84.6 cm³/mol. The molecule has 0 radical (unpaired) electrons. The van der Waals surface area contributed by atoms with Crippen molar-refractivity contribution in [1.29, 1.82) is 0 Å². The van der Waals surface area contributed by atoms with Crippen molar-refractivity contribution in [1.82, 2.24) is 9.88 Å². The summed E-state index contributed by atoms with van der Waals surface area (Å²) >= 11 is 3.24. The molecule has 2 aliphatic heterocycles. The van der Waals surface area contributed by atoms with Crippen LogP contribution in [0, 0.1) is 0 Å². The van der Waals surface area contributed by atoms with Gasteiger partial charge in [0.05, 0.1) is 23.2 Å². The highest BCUT2D eigenvalue weighted by molar-refractivity contribution is 9.10. The fourth-order valence-corrected chi connectivity index (χ4v) is 3.80. The van der Waals surface area contributed by atoms with E-state index in [4.69, 9.17) is 4.74 Å². The minimum atomic E-state index is -4.36. The average molecular weight is 394 g/mol. The van der Waals surface area contributed by atoms with E-state index in [0.717, 1.165) is 64.5 Å². The van der Waals surface area contributed by atoms with Gasteiger partial charge in [0.25, 0.3) is 0 Å². The molecule has 3 heterocycles. The number of anilines is 1. The molecule has 1 aromatic rings. The molecular weight excluding hydrogens is 375 g/mol. The van der Waals surface area contributed by atoms with Gasteiger partial charge in [-0.25, -0.2) is 4.98 Å². The number of hydrogen-bond acceptors (Lipinski definition) is 4. The highest BCUT2D eigenvalue weighted by atomic mass is 79.9.